The third kappa shape index (κ3) is 11.2. The van der Waals surface area contributed by atoms with Gasteiger partial charge in [-0.1, -0.05) is 40.2 Å². The molecule has 2 aromatic carbocycles. The number of carbonyl (C=O) groups is 3. The normalized spacial score (nSPS) is 15.4. The zero-order valence-corrected chi connectivity index (χ0v) is 32.0. The number of rotatable bonds is 7. The average molecular weight is 809 g/mol. The topological polar surface area (TPSA) is 148 Å². The molecule has 14 nitrogen and oxygen atoms in total. The molecule has 0 saturated carbocycles. The van der Waals surface area contributed by atoms with Crippen molar-refractivity contribution in [2.24, 2.45) is 4.99 Å². The number of alkyl halides is 3. The van der Waals surface area contributed by atoms with Gasteiger partial charge in [0.05, 0.1) is 27.0 Å². The fourth-order valence-corrected chi connectivity index (χ4v) is 5.82. The van der Waals surface area contributed by atoms with Crippen LogP contribution in [0.2, 0.25) is 0 Å². The number of nitrogens with zero attached hydrogens (tertiary/aromatic N) is 5. The summed E-state index contributed by atoms with van der Waals surface area (Å²) >= 11 is 3.34. The Morgan fingerprint density at radius 2 is 1.49 bits per heavy atom. The fraction of sp³-hybridized carbons (Fsp3) is 0.500. The van der Waals surface area contributed by atoms with Crippen molar-refractivity contribution in [3.05, 3.63) is 63.6 Å². The largest absolute Gasteiger partial charge is 0.523 e. The van der Waals surface area contributed by atoms with Crippen LogP contribution in [-0.4, -0.2) is 103 Å². The summed E-state index contributed by atoms with van der Waals surface area (Å²) in [5.74, 6) is 0.146. The number of halogens is 4. The van der Waals surface area contributed by atoms with Crippen molar-refractivity contribution < 1.29 is 54.4 Å². The molecule has 0 aromatic heterocycles. The standard InChI is InChI=1S/C32H41BrF3N5O9S/c1-30(2,3)48-27(42)37-26(40-18-38(7)28(43)39(8)19-40)41(29(44)49-31(4,5)6)17-20-10-15-23(24(33)16-20)25(50-51(45,46)32(34,35)36)21-11-13-22(47-9)14-12-21/h10-16,25H,17-19H2,1-9H3/t25-/m1/s1. The zero-order chi connectivity index (χ0) is 38.7. The van der Waals surface area contributed by atoms with Crippen LogP contribution in [-0.2, 0) is 30.3 Å². The molecule has 1 fully saturated rings. The molecular formula is C32H41BrF3N5O9S. The van der Waals surface area contributed by atoms with Gasteiger partial charge in [-0.2, -0.15) is 21.6 Å². The summed E-state index contributed by atoms with van der Waals surface area (Å²) in [7, 11) is -1.64. The molecule has 0 spiro atoms. The Labute approximate surface area is 303 Å². The molecule has 4 amide bonds. The average Bonchev–Trinajstić information content (AvgIpc) is 2.98. The summed E-state index contributed by atoms with van der Waals surface area (Å²) in [6, 6.07) is 9.46. The summed E-state index contributed by atoms with van der Waals surface area (Å²) in [4.78, 5) is 48.8. The second kappa shape index (κ2) is 15.6. The van der Waals surface area contributed by atoms with Gasteiger partial charge >= 0.3 is 33.8 Å². The molecule has 3 rings (SSSR count). The van der Waals surface area contributed by atoms with E-state index >= 15 is 0 Å². The molecule has 0 radical (unpaired) electrons. The molecule has 1 atom stereocenters. The van der Waals surface area contributed by atoms with E-state index in [1.54, 1.807) is 41.5 Å². The first-order valence-electron chi connectivity index (χ1n) is 15.3. The molecule has 19 heteroatoms. The van der Waals surface area contributed by atoms with Crippen LogP contribution >= 0.6 is 15.9 Å². The maximum atomic E-state index is 13.8. The maximum Gasteiger partial charge on any atom is 0.523 e. The Morgan fingerprint density at radius 1 is 0.941 bits per heavy atom. The molecule has 1 aliphatic rings. The van der Waals surface area contributed by atoms with Crippen molar-refractivity contribution in [1.29, 1.82) is 0 Å². The van der Waals surface area contributed by atoms with Gasteiger partial charge in [0.2, 0.25) is 5.96 Å². The lowest BCUT2D eigenvalue weighted by molar-refractivity contribution is -0.0563. The highest BCUT2D eigenvalue weighted by atomic mass is 79.9. The number of ether oxygens (including phenoxy) is 3. The van der Waals surface area contributed by atoms with Crippen LogP contribution < -0.4 is 4.74 Å². The first-order chi connectivity index (χ1) is 23.3. The number of aliphatic imine (C=N–C) groups is 1. The summed E-state index contributed by atoms with van der Waals surface area (Å²) < 4.78 is 85.8. The fourth-order valence-electron chi connectivity index (χ4n) is 4.61. The predicted molar refractivity (Wildman–Crippen MR) is 183 cm³/mol. The molecule has 0 unspecified atom stereocenters. The van der Waals surface area contributed by atoms with Crippen LogP contribution in [0.25, 0.3) is 0 Å². The first-order valence-corrected chi connectivity index (χ1v) is 17.5. The Kier molecular flexibility index (Phi) is 12.7. The van der Waals surface area contributed by atoms with E-state index in [1.807, 2.05) is 0 Å². The number of benzene rings is 2. The van der Waals surface area contributed by atoms with Crippen LogP contribution in [0.5, 0.6) is 5.75 Å². The van der Waals surface area contributed by atoms with E-state index in [-0.39, 0.29) is 47.5 Å². The Morgan fingerprint density at radius 3 is 1.96 bits per heavy atom. The quantitative estimate of drug-likeness (QED) is 0.129. The number of methoxy groups -OCH3 is 1. The summed E-state index contributed by atoms with van der Waals surface area (Å²) in [5, 5.41) is 0. The van der Waals surface area contributed by atoms with Crippen molar-refractivity contribution in [2.75, 3.05) is 34.5 Å². The van der Waals surface area contributed by atoms with E-state index in [2.05, 4.69) is 20.9 Å². The van der Waals surface area contributed by atoms with Crippen molar-refractivity contribution in [2.45, 2.75) is 70.9 Å². The van der Waals surface area contributed by atoms with Gasteiger partial charge in [0.15, 0.2) is 0 Å². The van der Waals surface area contributed by atoms with Crippen molar-refractivity contribution in [1.82, 2.24) is 19.6 Å². The van der Waals surface area contributed by atoms with Crippen molar-refractivity contribution in [3.63, 3.8) is 0 Å². The SMILES string of the molecule is COc1ccc([C@@H](OS(=O)(=O)C(F)(F)F)c2ccc(CN(C(=O)OC(C)(C)C)C(=NC(=O)OC(C)(C)C)N3CN(C)C(=O)N(C)C3)cc2Br)cc1. The molecular weight excluding hydrogens is 767 g/mol. The summed E-state index contributed by atoms with van der Waals surface area (Å²) in [6.45, 7) is 9.32. The molecule has 1 aliphatic heterocycles. The van der Waals surface area contributed by atoms with Gasteiger partial charge in [0.1, 0.15) is 23.1 Å². The molecule has 2 aromatic rings. The number of carbonyl (C=O) groups excluding carboxylic acids is 3. The lowest BCUT2D eigenvalue weighted by atomic mass is 10.00. The first kappa shape index (κ1) is 41.3. The minimum Gasteiger partial charge on any atom is -0.497 e. The summed E-state index contributed by atoms with van der Waals surface area (Å²) in [6.07, 6.45) is -3.72. The monoisotopic (exact) mass is 807 g/mol. The highest BCUT2D eigenvalue weighted by Crippen LogP contribution is 2.38. The van der Waals surface area contributed by atoms with Crippen LogP contribution in [0.4, 0.5) is 27.6 Å². The lowest BCUT2D eigenvalue weighted by Crippen LogP contribution is -2.60. The number of hydrogen-bond acceptors (Lipinski definition) is 9. The van der Waals surface area contributed by atoms with E-state index in [4.69, 9.17) is 18.4 Å². The van der Waals surface area contributed by atoms with E-state index < -0.39 is 45.1 Å². The highest BCUT2D eigenvalue weighted by molar-refractivity contribution is 9.10. The second-order valence-corrected chi connectivity index (χ2v) is 15.9. The van der Waals surface area contributed by atoms with Gasteiger partial charge in [-0.05, 0) is 70.9 Å². The molecule has 0 aliphatic carbocycles. The third-order valence-electron chi connectivity index (χ3n) is 6.75. The lowest BCUT2D eigenvalue weighted by Gasteiger charge is -2.42. The smallest absolute Gasteiger partial charge is 0.497 e. The van der Waals surface area contributed by atoms with E-state index in [9.17, 15) is 36.0 Å². The molecule has 51 heavy (non-hydrogen) atoms. The van der Waals surface area contributed by atoms with Crippen LogP contribution in [0, 0.1) is 0 Å². The van der Waals surface area contributed by atoms with Crippen LogP contribution in [0.15, 0.2) is 51.9 Å². The van der Waals surface area contributed by atoms with Gasteiger partial charge in [-0.25, -0.2) is 19.3 Å². The number of hydrogen-bond donors (Lipinski definition) is 0. The highest BCUT2D eigenvalue weighted by Gasteiger charge is 2.49. The zero-order valence-electron chi connectivity index (χ0n) is 29.6. The molecule has 1 saturated heterocycles. The Balaban J connectivity index is 2.15. The number of amides is 4. The molecule has 0 bridgehead atoms. The van der Waals surface area contributed by atoms with E-state index in [0.717, 1.165) is 4.90 Å². The molecule has 282 valence electrons. The Hall–Kier alpha value is -4.10. The minimum absolute atomic E-state index is 0.000924. The minimum atomic E-state index is -6.06. The van der Waals surface area contributed by atoms with E-state index in [1.165, 1.54) is 78.4 Å². The number of guanidine groups is 1. The van der Waals surface area contributed by atoms with E-state index in [0.29, 0.717) is 11.3 Å². The van der Waals surface area contributed by atoms with Gasteiger partial charge in [0, 0.05) is 24.1 Å². The maximum absolute atomic E-state index is 13.8. The van der Waals surface area contributed by atoms with Gasteiger partial charge in [-0.3, -0.25) is 4.18 Å². The Bertz CT molecular complexity index is 1730. The van der Waals surface area contributed by atoms with Crippen molar-refractivity contribution >= 4 is 50.2 Å². The van der Waals surface area contributed by atoms with Crippen molar-refractivity contribution in [3.8, 4) is 5.75 Å². The van der Waals surface area contributed by atoms with Crippen LogP contribution in [0.1, 0.15) is 64.3 Å². The molecule has 1 heterocycles. The van der Waals surface area contributed by atoms with Crippen LogP contribution in [0.3, 0.4) is 0 Å². The van der Waals surface area contributed by atoms with Gasteiger partial charge < -0.3 is 28.9 Å². The van der Waals surface area contributed by atoms with Gasteiger partial charge in [0.25, 0.3) is 0 Å². The predicted octanol–water partition coefficient (Wildman–Crippen LogP) is 6.66. The second-order valence-electron chi connectivity index (χ2n) is 13.5. The molecule has 0 N–H and O–H groups in total. The van der Waals surface area contributed by atoms with Gasteiger partial charge in [-0.15, -0.1) is 4.99 Å². The third-order valence-corrected chi connectivity index (χ3v) is 8.45. The number of urea groups is 1. The summed E-state index contributed by atoms with van der Waals surface area (Å²) in [5.41, 5.74) is -7.25.